The van der Waals surface area contributed by atoms with Gasteiger partial charge in [-0.15, -0.1) is 0 Å². The molecule has 0 saturated heterocycles. The molecule has 0 heterocycles. The fourth-order valence-electron chi connectivity index (χ4n) is 0.918. The molecule has 0 radical (unpaired) electrons. The maximum Gasteiger partial charge on any atom is 0.337 e. The first kappa shape index (κ1) is 11.8. The molecule has 0 aliphatic rings. The molecule has 1 aromatic carbocycles. The van der Waals surface area contributed by atoms with Gasteiger partial charge >= 0.3 is 5.97 Å². The summed E-state index contributed by atoms with van der Waals surface area (Å²) in [6.45, 7) is 1.17. The van der Waals surface area contributed by atoms with Gasteiger partial charge in [0.15, 0.2) is 5.60 Å². The lowest BCUT2D eigenvalue weighted by atomic mass is 10.1. The molecule has 4 nitrogen and oxygen atoms in total. The average molecular weight is 230 g/mol. The summed E-state index contributed by atoms with van der Waals surface area (Å²) in [6.07, 6.45) is 0. The SMILES string of the molecule is CC(O)(CNc1ccc(Cl)cc1)C(=O)O. The molecule has 0 saturated carbocycles. The maximum absolute atomic E-state index is 10.6. The van der Waals surface area contributed by atoms with E-state index in [1.54, 1.807) is 24.3 Å². The molecule has 0 aliphatic heterocycles. The lowest BCUT2D eigenvalue weighted by Gasteiger charge is -2.18. The Morgan fingerprint density at radius 1 is 1.47 bits per heavy atom. The molecule has 3 N–H and O–H groups in total. The van der Waals surface area contributed by atoms with Crippen LogP contribution in [0.15, 0.2) is 24.3 Å². The Hall–Kier alpha value is -1.26. The number of hydrogen-bond donors (Lipinski definition) is 3. The molecule has 5 heteroatoms. The van der Waals surface area contributed by atoms with Crippen molar-refractivity contribution in [1.82, 2.24) is 0 Å². The molecule has 82 valence electrons. The number of anilines is 1. The van der Waals surface area contributed by atoms with Gasteiger partial charge in [-0.2, -0.15) is 0 Å². The highest BCUT2D eigenvalue weighted by atomic mass is 35.5. The van der Waals surface area contributed by atoms with Crippen LogP contribution in [0.4, 0.5) is 5.69 Å². The second-order valence-electron chi connectivity index (χ2n) is 3.44. The van der Waals surface area contributed by atoms with Crippen LogP contribution in [0, 0.1) is 0 Å². The Kier molecular flexibility index (Phi) is 3.55. The first-order chi connectivity index (χ1) is 6.92. The van der Waals surface area contributed by atoms with Crippen LogP contribution in [-0.2, 0) is 4.79 Å². The predicted molar refractivity (Wildman–Crippen MR) is 58.2 cm³/mol. The van der Waals surface area contributed by atoms with E-state index in [1.807, 2.05) is 0 Å². The summed E-state index contributed by atoms with van der Waals surface area (Å²) in [5.41, 5.74) is -1.07. The number of aliphatic hydroxyl groups is 1. The van der Waals surface area contributed by atoms with Gasteiger partial charge in [-0.3, -0.25) is 0 Å². The van der Waals surface area contributed by atoms with Crippen molar-refractivity contribution in [2.45, 2.75) is 12.5 Å². The highest BCUT2D eigenvalue weighted by molar-refractivity contribution is 6.30. The Morgan fingerprint density at radius 3 is 2.47 bits per heavy atom. The van der Waals surface area contributed by atoms with Crippen LogP contribution in [0.1, 0.15) is 6.92 Å². The molecule has 0 aliphatic carbocycles. The Balaban J connectivity index is 2.57. The molecule has 0 aromatic heterocycles. The largest absolute Gasteiger partial charge is 0.479 e. The second kappa shape index (κ2) is 4.51. The van der Waals surface area contributed by atoms with Crippen molar-refractivity contribution < 1.29 is 15.0 Å². The number of aliphatic carboxylic acids is 1. The van der Waals surface area contributed by atoms with E-state index in [0.717, 1.165) is 0 Å². The first-order valence-electron chi connectivity index (χ1n) is 4.37. The fourth-order valence-corrected chi connectivity index (χ4v) is 1.04. The van der Waals surface area contributed by atoms with Gasteiger partial charge in [-0.1, -0.05) is 11.6 Å². The van der Waals surface area contributed by atoms with Crippen molar-refractivity contribution in [2.75, 3.05) is 11.9 Å². The van der Waals surface area contributed by atoms with Crippen LogP contribution < -0.4 is 5.32 Å². The molecule has 0 bridgehead atoms. The van der Waals surface area contributed by atoms with E-state index in [2.05, 4.69) is 5.32 Å². The summed E-state index contributed by atoms with van der Waals surface area (Å²) < 4.78 is 0. The van der Waals surface area contributed by atoms with Gasteiger partial charge in [0, 0.05) is 10.7 Å². The van der Waals surface area contributed by atoms with Gasteiger partial charge in [-0.05, 0) is 31.2 Å². The number of hydrogen-bond acceptors (Lipinski definition) is 3. The number of halogens is 1. The van der Waals surface area contributed by atoms with Crippen molar-refractivity contribution in [2.24, 2.45) is 0 Å². The molecule has 0 fully saturated rings. The normalized spacial score (nSPS) is 14.3. The third-order valence-corrected chi connectivity index (χ3v) is 2.19. The number of carboxylic acid groups (broad SMARTS) is 1. The van der Waals surface area contributed by atoms with Crippen LogP contribution in [0.5, 0.6) is 0 Å². The summed E-state index contributed by atoms with van der Waals surface area (Å²) in [4.78, 5) is 10.6. The van der Waals surface area contributed by atoms with E-state index in [-0.39, 0.29) is 6.54 Å². The number of rotatable bonds is 4. The number of carboxylic acids is 1. The Morgan fingerprint density at radius 2 is 2.00 bits per heavy atom. The fraction of sp³-hybridized carbons (Fsp3) is 0.300. The molecular weight excluding hydrogens is 218 g/mol. The summed E-state index contributed by atoms with van der Waals surface area (Å²) in [7, 11) is 0. The third-order valence-electron chi connectivity index (χ3n) is 1.94. The average Bonchev–Trinajstić information content (AvgIpc) is 2.17. The zero-order valence-corrected chi connectivity index (χ0v) is 8.95. The molecule has 0 spiro atoms. The number of nitrogens with one attached hydrogen (secondary N) is 1. The molecular formula is C10H12ClNO3. The Labute approximate surface area is 92.5 Å². The van der Waals surface area contributed by atoms with Crippen LogP contribution in [0.2, 0.25) is 5.02 Å². The van der Waals surface area contributed by atoms with Gasteiger partial charge in [-0.25, -0.2) is 4.79 Å². The minimum absolute atomic E-state index is 0.0655. The highest BCUT2D eigenvalue weighted by Crippen LogP contribution is 2.14. The van der Waals surface area contributed by atoms with Crippen molar-refractivity contribution in [1.29, 1.82) is 0 Å². The number of carbonyl (C=O) groups is 1. The van der Waals surface area contributed by atoms with Crippen LogP contribution in [-0.4, -0.2) is 28.3 Å². The molecule has 1 aromatic rings. The van der Waals surface area contributed by atoms with E-state index in [4.69, 9.17) is 16.7 Å². The van der Waals surface area contributed by atoms with Crippen molar-refractivity contribution >= 4 is 23.3 Å². The highest BCUT2D eigenvalue weighted by Gasteiger charge is 2.29. The monoisotopic (exact) mass is 229 g/mol. The summed E-state index contributed by atoms with van der Waals surface area (Å²) >= 11 is 5.68. The maximum atomic E-state index is 10.6. The lowest BCUT2D eigenvalue weighted by molar-refractivity contribution is -0.155. The summed E-state index contributed by atoms with van der Waals surface area (Å²) in [6, 6.07) is 6.78. The van der Waals surface area contributed by atoms with Crippen LogP contribution in [0.25, 0.3) is 0 Å². The summed E-state index contributed by atoms with van der Waals surface area (Å²) in [5, 5.41) is 21.5. The smallest absolute Gasteiger partial charge is 0.337 e. The molecule has 15 heavy (non-hydrogen) atoms. The van der Waals surface area contributed by atoms with E-state index in [9.17, 15) is 9.90 Å². The van der Waals surface area contributed by atoms with E-state index >= 15 is 0 Å². The van der Waals surface area contributed by atoms with Crippen molar-refractivity contribution in [3.63, 3.8) is 0 Å². The topological polar surface area (TPSA) is 69.6 Å². The molecule has 1 atom stereocenters. The zero-order chi connectivity index (χ0) is 11.5. The van der Waals surface area contributed by atoms with Crippen molar-refractivity contribution in [3.8, 4) is 0 Å². The van der Waals surface area contributed by atoms with Crippen LogP contribution >= 0.6 is 11.6 Å². The van der Waals surface area contributed by atoms with Gasteiger partial charge in [0.2, 0.25) is 0 Å². The molecule has 0 amide bonds. The third kappa shape index (κ3) is 3.42. The van der Waals surface area contributed by atoms with Gasteiger partial charge in [0.25, 0.3) is 0 Å². The van der Waals surface area contributed by atoms with E-state index < -0.39 is 11.6 Å². The number of benzene rings is 1. The van der Waals surface area contributed by atoms with Gasteiger partial charge in [0.1, 0.15) is 0 Å². The second-order valence-corrected chi connectivity index (χ2v) is 3.88. The van der Waals surface area contributed by atoms with Gasteiger partial charge in [0.05, 0.1) is 6.54 Å². The lowest BCUT2D eigenvalue weighted by Crippen LogP contribution is -2.41. The minimum Gasteiger partial charge on any atom is -0.479 e. The minimum atomic E-state index is -1.78. The van der Waals surface area contributed by atoms with Crippen LogP contribution in [0.3, 0.4) is 0 Å². The quantitative estimate of drug-likeness (QED) is 0.733. The predicted octanol–water partition coefficient (Wildman–Crippen LogP) is 1.59. The zero-order valence-electron chi connectivity index (χ0n) is 8.20. The molecule has 1 rings (SSSR count). The van der Waals surface area contributed by atoms with E-state index in [1.165, 1.54) is 6.92 Å². The Bertz CT molecular complexity index is 348. The standard InChI is InChI=1S/C10H12ClNO3/c1-10(15,9(13)14)6-12-8-4-2-7(11)3-5-8/h2-5,12,15H,6H2,1H3,(H,13,14). The van der Waals surface area contributed by atoms with Gasteiger partial charge < -0.3 is 15.5 Å². The first-order valence-corrected chi connectivity index (χ1v) is 4.75. The molecule has 1 unspecified atom stereocenters. The summed E-state index contributed by atoms with van der Waals surface area (Å²) in [5.74, 6) is -1.26. The van der Waals surface area contributed by atoms with E-state index in [0.29, 0.717) is 10.7 Å². The van der Waals surface area contributed by atoms with Crippen molar-refractivity contribution in [3.05, 3.63) is 29.3 Å².